The molecule has 3 rings (SSSR count). The van der Waals surface area contributed by atoms with Crippen molar-refractivity contribution in [3.05, 3.63) is 35.2 Å². The average Bonchev–Trinajstić information content (AvgIpc) is 2.74. The molecule has 2 unspecified atom stereocenters. The zero-order valence-corrected chi connectivity index (χ0v) is 19.4. The largest absolute Gasteiger partial charge is 0.483 e. The van der Waals surface area contributed by atoms with E-state index in [9.17, 15) is 4.21 Å². The van der Waals surface area contributed by atoms with E-state index in [0.717, 1.165) is 0 Å². The molecule has 0 saturated carbocycles. The minimum Gasteiger partial charge on any atom is -0.483 e. The highest BCUT2D eigenvalue weighted by Gasteiger charge is 2.38. The summed E-state index contributed by atoms with van der Waals surface area (Å²) in [4.78, 5) is 13.5. The van der Waals surface area contributed by atoms with Gasteiger partial charge in [-0.25, -0.2) is 18.6 Å². The van der Waals surface area contributed by atoms with Gasteiger partial charge in [-0.1, -0.05) is 24.4 Å². The van der Waals surface area contributed by atoms with Crippen molar-refractivity contribution in [1.29, 1.82) is 0 Å². The minimum atomic E-state index is -1.43. The molecule has 0 saturated heterocycles. The van der Waals surface area contributed by atoms with Gasteiger partial charge in [0.15, 0.2) is 0 Å². The standard InChI is InChI=1S/C20H25FN6O2S2/c1-5-6-12-7-13(25-18(30)15-9-24-16(29-4)10-23-15)8-14(17(12)21)20(2)11-31(28)27(3)19(22)26-20/h5-8H,9-11H2,1-4H3,(H2,22,26)(H,25,30). The number of guanidine groups is 1. The van der Waals surface area contributed by atoms with Crippen molar-refractivity contribution >= 4 is 57.5 Å². The lowest BCUT2D eigenvalue weighted by Gasteiger charge is -2.34. The summed E-state index contributed by atoms with van der Waals surface area (Å²) in [6.45, 7) is 4.14. The molecule has 2 heterocycles. The van der Waals surface area contributed by atoms with Crippen LogP contribution in [-0.4, -0.2) is 64.1 Å². The summed E-state index contributed by atoms with van der Waals surface area (Å²) >= 11 is 5.49. The van der Waals surface area contributed by atoms with E-state index in [1.165, 1.54) is 4.31 Å². The van der Waals surface area contributed by atoms with E-state index in [-0.39, 0.29) is 17.3 Å². The lowest BCUT2D eigenvalue weighted by molar-refractivity contribution is 0.393. The van der Waals surface area contributed by atoms with E-state index < -0.39 is 22.3 Å². The first kappa shape index (κ1) is 23.0. The van der Waals surface area contributed by atoms with Crippen LogP contribution in [0.3, 0.4) is 0 Å². The number of aliphatic imine (C=N–C) groups is 3. The lowest BCUT2D eigenvalue weighted by atomic mass is 9.91. The number of methoxy groups -OCH3 is 1. The van der Waals surface area contributed by atoms with Crippen molar-refractivity contribution in [2.75, 3.05) is 38.3 Å². The number of hydrogen-bond donors (Lipinski definition) is 2. The normalized spacial score (nSPS) is 23.8. The molecule has 8 nitrogen and oxygen atoms in total. The van der Waals surface area contributed by atoms with Gasteiger partial charge < -0.3 is 15.8 Å². The van der Waals surface area contributed by atoms with Crippen molar-refractivity contribution < 1.29 is 13.3 Å². The lowest BCUT2D eigenvalue weighted by Crippen LogP contribution is -2.47. The van der Waals surface area contributed by atoms with E-state index in [1.54, 1.807) is 52.3 Å². The number of rotatable bonds is 4. The molecule has 2 aliphatic heterocycles. The average molecular weight is 465 g/mol. The number of nitrogens with one attached hydrogen (secondary N) is 1. The molecule has 0 amide bonds. The molecule has 0 bridgehead atoms. The number of halogens is 1. The number of thiocarbonyl (C=S) groups is 1. The number of allylic oxidation sites excluding steroid dienone is 1. The van der Waals surface area contributed by atoms with Gasteiger partial charge in [0.2, 0.25) is 11.9 Å². The number of anilines is 1. The van der Waals surface area contributed by atoms with E-state index in [1.807, 2.05) is 0 Å². The Morgan fingerprint density at radius 2 is 2.16 bits per heavy atom. The zero-order chi connectivity index (χ0) is 22.8. The van der Waals surface area contributed by atoms with Crippen LogP contribution in [-0.2, 0) is 21.3 Å². The minimum absolute atomic E-state index is 0.0938. The highest BCUT2D eigenvalue weighted by atomic mass is 32.2. The third-order valence-electron chi connectivity index (χ3n) is 4.99. The number of hydrogen-bond acceptors (Lipinski definition) is 7. The summed E-state index contributed by atoms with van der Waals surface area (Å²) in [5.74, 6) is 0.298. The Morgan fingerprint density at radius 1 is 1.42 bits per heavy atom. The molecule has 0 radical (unpaired) electrons. The summed E-state index contributed by atoms with van der Waals surface area (Å²) < 4.78 is 34.4. The molecule has 31 heavy (non-hydrogen) atoms. The molecule has 166 valence electrons. The Kier molecular flexibility index (Phi) is 6.85. The maximum absolute atomic E-state index is 15.4. The number of ether oxygens (including phenoxy) is 1. The van der Waals surface area contributed by atoms with Gasteiger partial charge in [-0.2, -0.15) is 0 Å². The first-order valence-electron chi connectivity index (χ1n) is 9.54. The van der Waals surface area contributed by atoms with Crippen LogP contribution in [0.15, 0.2) is 33.2 Å². The second kappa shape index (κ2) is 9.23. The van der Waals surface area contributed by atoms with Gasteiger partial charge >= 0.3 is 0 Å². The molecule has 0 fully saturated rings. The number of nitrogens with two attached hydrogens (primary N) is 1. The third-order valence-corrected chi connectivity index (χ3v) is 6.93. The quantitative estimate of drug-likeness (QED) is 0.665. The Labute approximate surface area is 188 Å². The van der Waals surface area contributed by atoms with Gasteiger partial charge in [0.1, 0.15) is 33.9 Å². The molecule has 0 aromatic heterocycles. The first-order chi connectivity index (χ1) is 14.7. The van der Waals surface area contributed by atoms with Crippen molar-refractivity contribution in [1.82, 2.24) is 4.31 Å². The topological polar surface area (TPSA) is 105 Å². The smallest absolute Gasteiger partial charge is 0.205 e. The molecule has 0 spiro atoms. The summed E-state index contributed by atoms with van der Waals surface area (Å²) in [7, 11) is 1.71. The van der Waals surface area contributed by atoms with E-state index in [0.29, 0.717) is 40.9 Å². The van der Waals surface area contributed by atoms with E-state index in [4.69, 9.17) is 22.7 Å². The fraction of sp³-hybridized carbons (Fsp3) is 0.400. The summed E-state index contributed by atoms with van der Waals surface area (Å²) in [5.41, 5.74) is 6.66. The SMILES string of the molecule is CC=Cc1cc(NC(=S)C2=NCC(OC)=NC2)cc(C2(C)CS(=O)N(C)C(N)=N2)c1F. The van der Waals surface area contributed by atoms with E-state index in [2.05, 4.69) is 20.3 Å². The molecule has 11 heteroatoms. The van der Waals surface area contributed by atoms with Crippen molar-refractivity contribution in [2.24, 2.45) is 20.7 Å². The molecular formula is C20H25FN6O2S2. The van der Waals surface area contributed by atoms with Crippen LogP contribution in [0.5, 0.6) is 0 Å². The van der Waals surface area contributed by atoms with Crippen LogP contribution in [0, 0.1) is 5.82 Å². The Morgan fingerprint density at radius 3 is 2.74 bits per heavy atom. The Hall–Kier alpha value is -2.66. The predicted octanol–water partition coefficient (Wildman–Crippen LogP) is 2.24. The fourth-order valence-electron chi connectivity index (χ4n) is 3.25. The Balaban J connectivity index is 1.98. The second-order valence-electron chi connectivity index (χ2n) is 7.27. The van der Waals surface area contributed by atoms with Crippen LogP contribution in [0.1, 0.15) is 25.0 Å². The first-order valence-corrected chi connectivity index (χ1v) is 11.2. The highest BCUT2D eigenvalue weighted by Crippen LogP contribution is 2.35. The molecular weight excluding hydrogens is 439 g/mol. The van der Waals surface area contributed by atoms with Crippen molar-refractivity contribution in [3.63, 3.8) is 0 Å². The predicted molar refractivity (Wildman–Crippen MR) is 129 cm³/mol. The fourth-order valence-corrected chi connectivity index (χ4v) is 4.64. The van der Waals surface area contributed by atoms with Crippen molar-refractivity contribution in [3.8, 4) is 0 Å². The van der Waals surface area contributed by atoms with Crippen LogP contribution < -0.4 is 11.1 Å². The van der Waals surface area contributed by atoms with Crippen LogP contribution in [0.25, 0.3) is 6.08 Å². The van der Waals surface area contributed by atoms with Gasteiger partial charge in [0.25, 0.3) is 0 Å². The molecule has 0 aliphatic carbocycles. The van der Waals surface area contributed by atoms with Gasteiger partial charge in [-0.15, -0.1) is 0 Å². The number of benzene rings is 1. The van der Waals surface area contributed by atoms with Gasteiger partial charge in [0, 0.05) is 23.9 Å². The maximum Gasteiger partial charge on any atom is 0.205 e. The molecule has 1 aromatic carbocycles. The second-order valence-corrected chi connectivity index (χ2v) is 9.15. The molecule has 3 N–H and O–H groups in total. The van der Waals surface area contributed by atoms with Crippen LogP contribution >= 0.6 is 12.2 Å². The van der Waals surface area contributed by atoms with Gasteiger partial charge in [0.05, 0.1) is 25.1 Å². The number of nitrogens with zero attached hydrogens (tertiary/aromatic N) is 4. The molecule has 2 aliphatic rings. The molecule has 2 atom stereocenters. The van der Waals surface area contributed by atoms with Crippen LogP contribution in [0.2, 0.25) is 0 Å². The summed E-state index contributed by atoms with van der Waals surface area (Å²) in [5, 5.41) is 3.12. The van der Waals surface area contributed by atoms with Gasteiger partial charge in [-0.05, 0) is 26.0 Å². The Bertz CT molecular complexity index is 1050. The van der Waals surface area contributed by atoms with Crippen molar-refractivity contribution in [2.45, 2.75) is 19.4 Å². The van der Waals surface area contributed by atoms with E-state index >= 15 is 4.39 Å². The third kappa shape index (κ3) is 4.82. The summed E-state index contributed by atoms with van der Waals surface area (Å²) in [6, 6.07) is 3.28. The highest BCUT2D eigenvalue weighted by molar-refractivity contribution is 7.83. The summed E-state index contributed by atoms with van der Waals surface area (Å²) in [6.07, 6.45) is 3.39. The van der Waals surface area contributed by atoms with Crippen LogP contribution in [0.4, 0.5) is 10.1 Å². The van der Waals surface area contributed by atoms with Gasteiger partial charge in [-0.3, -0.25) is 9.30 Å². The molecule has 1 aromatic rings. The zero-order valence-electron chi connectivity index (χ0n) is 17.8. The maximum atomic E-state index is 15.4. The monoisotopic (exact) mass is 464 g/mol.